The summed E-state index contributed by atoms with van der Waals surface area (Å²) in [5, 5.41) is 10.1. The van der Waals surface area contributed by atoms with Gasteiger partial charge in [-0.25, -0.2) is 0 Å². The molecule has 0 bridgehead atoms. The maximum atomic E-state index is 10.1. The van der Waals surface area contributed by atoms with E-state index in [2.05, 4.69) is 0 Å². The van der Waals surface area contributed by atoms with Gasteiger partial charge in [0.1, 0.15) is 5.75 Å². The summed E-state index contributed by atoms with van der Waals surface area (Å²) < 4.78 is 5.66. The molecule has 0 spiro atoms. The van der Waals surface area contributed by atoms with Gasteiger partial charge in [0, 0.05) is 0 Å². The predicted molar refractivity (Wildman–Crippen MR) is 57.8 cm³/mol. The third-order valence-corrected chi connectivity index (χ3v) is 3.40. The third-order valence-electron chi connectivity index (χ3n) is 3.40. The summed E-state index contributed by atoms with van der Waals surface area (Å²) in [5.74, 6) is 0.934. The Bertz CT molecular complexity index is 347. The first-order valence-corrected chi connectivity index (χ1v) is 5.76. The van der Waals surface area contributed by atoms with Crippen molar-refractivity contribution >= 4 is 0 Å². The molecule has 0 unspecified atom stereocenters. The fraction of sp³-hybridized carbons (Fsp3) is 0.538. The summed E-state index contributed by atoms with van der Waals surface area (Å²) in [7, 11) is 0. The molecule has 0 atom stereocenters. The molecule has 0 heterocycles. The van der Waals surface area contributed by atoms with Crippen LogP contribution >= 0.6 is 0 Å². The Kier molecular flexibility index (Phi) is 1.99. The molecule has 0 radical (unpaired) electrons. The SMILES string of the molecule is OC1(c2ccc(OC3CC3)cc2)CCC1. The normalized spacial score (nSPS) is 23.3. The highest BCUT2D eigenvalue weighted by atomic mass is 16.5. The molecular formula is C13H16O2. The lowest BCUT2D eigenvalue weighted by Crippen LogP contribution is -2.33. The largest absolute Gasteiger partial charge is 0.490 e. The van der Waals surface area contributed by atoms with Gasteiger partial charge in [-0.15, -0.1) is 0 Å². The Morgan fingerprint density at radius 2 is 1.80 bits per heavy atom. The molecule has 15 heavy (non-hydrogen) atoms. The summed E-state index contributed by atoms with van der Waals surface area (Å²) in [6.07, 6.45) is 5.75. The van der Waals surface area contributed by atoms with Gasteiger partial charge in [0.15, 0.2) is 0 Å². The van der Waals surface area contributed by atoms with Crippen LogP contribution in [0.15, 0.2) is 24.3 Å². The number of hydrogen-bond acceptors (Lipinski definition) is 2. The molecule has 2 aliphatic rings. The fourth-order valence-electron chi connectivity index (χ4n) is 2.02. The van der Waals surface area contributed by atoms with Gasteiger partial charge < -0.3 is 9.84 Å². The molecule has 0 aromatic heterocycles. The lowest BCUT2D eigenvalue weighted by Gasteiger charge is -2.37. The quantitative estimate of drug-likeness (QED) is 0.820. The molecule has 2 fully saturated rings. The monoisotopic (exact) mass is 204 g/mol. The van der Waals surface area contributed by atoms with Crippen LogP contribution in [0.25, 0.3) is 0 Å². The highest BCUT2D eigenvalue weighted by Gasteiger charge is 2.36. The maximum absolute atomic E-state index is 10.1. The van der Waals surface area contributed by atoms with Crippen molar-refractivity contribution in [1.82, 2.24) is 0 Å². The van der Waals surface area contributed by atoms with Crippen LogP contribution in [0, 0.1) is 0 Å². The minimum absolute atomic E-state index is 0.447. The van der Waals surface area contributed by atoms with Gasteiger partial charge >= 0.3 is 0 Å². The van der Waals surface area contributed by atoms with Crippen molar-refractivity contribution in [3.05, 3.63) is 29.8 Å². The Morgan fingerprint density at radius 3 is 2.27 bits per heavy atom. The summed E-state index contributed by atoms with van der Waals surface area (Å²) in [6.45, 7) is 0. The van der Waals surface area contributed by atoms with E-state index in [1.54, 1.807) is 0 Å². The van der Waals surface area contributed by atoms with E-state index in [1.165, 1.54) is 12.8 Å². The first-order chi connectivity index (χ1) is 7.26. The van der Waals surface area contributed by atoms with Crippen LogP contribution in [0.2, 0.25) is 0 Å². The lowest BCUT2D eigenvalue weighted by atomic mass is 9.75. The van der Waals surface area contributed by atoms with Crippen molar-refractivity contribution in [1.29, 1.82) is 0 Å². The predicted octanol–water partition coefficient (Wildman–Crippen LogP) is 2.60. The van der Waals surface area contributed by atoms with Gasteiger partial charge in [-0.1, -0.05) is 12.1 Å². The molecule has 3 rings (SSSR count). The van der Waals surface area contributed by atoms with E-state index in [4.69, 9.17) is 4.74 Å². The number of hydrogen-bond donors (Lipinski definition) is 1. The first kappa shape index (κ1) is 9.22. The topological polar surface area (TPSA) is 29.5 Å². The van der Waals surface area contributed by atoms with E-state index in [0.717, 1.165) is 30.6 Å². The molecule has 0 aliphatic heterocycles. The molecule has 2 heteroatoms. The Balaban J connectivity index is 1.74. The van der Waals surface area contributed by atoms with Crippen LogP contribution in [0.3, 0.4) is 0 Å². The molecule has 0 amide bonds. The highest BCUT2D eigenvalue weighted by molar-refractivity contribution is 5.32. The number of benzene rings is 1. The van der Waals surface area contributed by atoms with E-state index in [0.29, 0.717) is 6.10 Å². The van der Waals surface area contributed by atoms with Crippen LogP contribution in [-0.4, -0.2) is 11.2 Å². The molecule has 0 saturated heterocycles. The fourth-order valence-corrected chi connectivity index (χ4v) is 2.02. The van der Waals surface area contributed by atoms with E-state index < -0.39 is 5.60 Å². The van der Waals surface area contributed by atoms with Crippen molar-refractivity contribution in [2.75, 3.05) is 0 Å². The van der Waals surface area contributed by atoms with E-state index in [-0.39, 0.29) is 0 Å². The summed E-state index contributed by atoms with van der Waals surface area (Å²) in [5.41, 5.74) is 0.495. The Hall–Kier alpha value is -1.02. The number of rotatable bonds is 3. The van der Waals surface area contributed by atoms with Crippen molar-refractivity contribution < 1.29 is 9.84 Å². The van der Waals surface area contributed by atoms with Crippen molar-refractivity contribution in [2.24, 2.45) is 0 Å². The second-order valence-electron chi connectivity index (χ2n) is 4.73. The van der Waals surface area contributed by atoms with Gasteiger partial charge in [0.25, 0.3) is 0 Å². The molecule has 1 aromatic rings. The van der Waals surface area contributed by atoms with Crippen LogP contribution in [0.1, 0.15) is 37.7 Å². The van der Waals surface area contributed by atoms with Gasteiger partial charge in [-0.05, 0) is 49.8 Å². The van der Waals surface area contributed by atoms with Gasteiger partial charge in [0.2, 0.25) is 0 Å². The number of aliphatic hydroxyl groups is 1. The summed E-state index contributed by atoms with van der Waals surface area (Å²) in [4.78, 5) is 0. The zero-order valence-electron chi connectivity index (χ0n) is 8.78. The summed E-state index contributed by atoms with van der Waals surface area (Å²) >= 11 is 0. The van der Waals surface area contributed by atoms with Crippen LogP contribution in [0.5, 0.6) is 5.75 Å². The van der Waals surface area contributed by atoms with E-state index in [9.17, 15) is 5.11 Å². The lowest BCUT2D eigenvalue weighted by molar-refractivity contribution is -0.0388. The average Bonchev–Trinajstić information content (AvgIpc) is 2.99. The highest BCUT2D eigenvalue weighted by Crippen LogP contribution is 2.41. The van der Waals surface area contributed by atoms with Gasteiger partial charge in [0.05, 0.1) is 11.7 Å². The van der Waals surface area contributed by atoms with Crippen molar-refractivity contribution in [3.63, 3.8) is 0 Å². The van der Waals surface area contributed by atoms with E-state index >= 15 is 0 Å². The smallest absolute Gasteiger partial charge is 0.119 e. The molecule has 1 N–H and O–H groups in total. The van der Waals surface area contributed by atoms with Crippen LogP contribution in [-0.2, 0) is 5.60 Å². The molecular weight excluding hydrogens is 188 g/mol. The Morgan fingerprint density at radius 1 is 1.13 bits per heavy atom. The zero-order chi connectivity index (χ0) is 10.3. The van der Waals surface area contributed by atoms with E-state index in [1.807, 2.05) is 24.3 Å². The first-order valence-electron chi connectivity index (χ1n) is 5.76. The van der Waals surface area contributed by atoms with Gasteiger partial charge in [-0.3, -0.25) is 0 Å². The second kappa shape index (κ2) is 3.24. The maximum Gasteiger partial charge on any atom is 0.119 e. The minimum atomic E-state index is -0.544. The molecule has 80 valence electrons. The number of ether oxygens (including phenoxy) is 1. The molecule has 2 nitrogen and oxygen atoms in total. The van der Waals surface area contributed by atoms with Crippen molar-refractivity contribution in [2.45, 2.75) is 43.8 Å². The van der Waals surface area contributed by atoms with Crippen LogP contribution in [0.4, 0.5) is 0 Å². The standard InChI is InChI=1S/C13H16O2/c14-13(8-1-9-13)10-2-4-11(5-3-10)15-12-6-7-12/h2-5,12,14H,1,6-9H2. The third kappa shape index (κ3) is 1.74. The van der Waals surface area contributed by atoms with Crippen LogP contribution < -0.4 is 4.74 Å². The minimum Gasteiger partial charge on any atom is -0.490 e. The molecule has 2 saturated carbocycles. The molecule has 1 aromatic carbocycles. The second-order valence-corrected chi connectivity index (χ2v) is 4.73. The summed E-state index contributed by atoms with van der Waals surface area (Å²) in [6, 6.07) is 7.95. The Labute approximate surface area is 89.9 Å². The van der Waals surface area contributed by atoms with Gasteiger partial charge in [-0.2, -0.15) is 0 Å². The van der Waals surface area contributed by atoms with Crippen molar-refractivity contribution in [3.8, 4) is 5.75 Å². The molecule has 2 aliphatic carbocycles. The zero-order valence-corrected chi connectivity index (χ0v) is 8.78. The average molecular weight is 204 g/mol.